The summed E-state index contributed by atoms with van der Waals surface area (Å²) in [6.07, 6.45) is 2.42. The molecule has 2 atom stereocenters. The van der Waals surface area contributed by atoms with Gasteiger partial charge >= 0.3 is 7.60 Å². The molecule has 0 aliphatic carbocycles. The first-order valence-electron chi connectivity index (χ1n) is 14.1. The molecule has 40 heavy (non-hydrogen) atoms. The molecular formula is C29H47N2O7PS. The molecular weight excluding hydrogens is 551 g/mol. The van der Waals surface area contributed by atoms with Gasteiger partial charge in [0.05, 0.1) is 24.2 Å². The molecule has 0 saturated carbocycles. The highest BCUT2D eigenvalue weighted by molar-refractivity contribution is 7.89. The Morgan fingerprint density at radius 3 is 2.02 bits per heavy atom. The molecule has 2 rings (SSSR count). The summed E-state index contributed by atoms with van der Waals surface area (Å²) in [6, 6.07) is 14.8. The number of sulfonamides is 1. The second-order valence-corrected chi connectivity index (χ2v) is 14.3. The van der Waals surface area contributed by atoms with Crippen molar-refractivity contribution >= 4 is 17.6 Å². The van der Waals surface area contributed by atoms with Crippen molar-refractivity contribution in [3.05, 3.63) is 60.2 Å². The lowest BCUT2D eigenvalue weighted by atomic mass is 10.0. The van der Waals surface area contributed by atoms with E-state index in [9.17, 15) is 18.1 Å². The van der Waals surface area contributed by atoms with E-state index in [0.717, 1.165) is 31.2 Å². The van der Waals surface area contributed by atoms with Crippen molar-refractivity contribution < 1.29 is 31.9 Å². The zero-order chi connectivity index (χ0) is 29.6. The van der Waals surface area contributed by atoms with Crippen LogP contribution in [0.15, 0.2) is 59.5 Å². The van der Waals surface area contributed by atoms with Gasteiger partial charge in [-0.1, -0.05) is 70.9 Å². The number of rotatable bonds is 20. The summed E-state index contributed by atoms with van der Waals surface area (Å²) >= 11 is 0. The van der Waals surface area contributed by atoms with E-state index in [2.05, 4.69) is 0 Å². The van der Waals surface area contributed by atoms with E-state index in [1.165, 1.54) is 28.6 Å². The largest absolute Gasteiger partial charge is 0.481 e. The summed E-state index contributed by atoms with van der Waals surface area (Å²) in [6.45, 7) is 8.59. The van der Waals surface area contributed by atoms with Crippen molar-refractivity contribution in [1.29, 1.82) is 0 Å². The minimum atomic E-state index is -3.93. The topological polar surface area (TPSA) is 128 Å². The molecule has 3 N–H and O–H groups in total. The molecule has 11 heteroatoms. The van der Waals surface area contributed by atoms with Crippen LogP contribution in [0.5, 0.6) is 5.75 Å². The Bertz CT molecular complexity index is 1120. The average Bonchev–Trinajstić information content (AvgIpc) is 2.92. The number of hydrogen-bond acceptors (Lipinski definition) is 8. The first kappa shape index (κ1) is 34.4. The molecule has 0 radical (unpaired) electrons. The Kier molecular flexibility index (Phi) is 14.8. The molecule has 9 nitrogen and oxygen atoms in total. The standard InChI is InChI=1S/C29H47N2O7PS/c1-5-7-18-37-39(33,38-19-8-6-2)23-36-26-14-16-27(17-15-26)40(34,35)31(21-24(3)4)22-29(32)28(30)20-25-12-10-9-11-13-25/h9-17,24,28-29,32H,5-8,18-23,30H2,1-4H3/t28-,29+/m0/s1. The molecule has 0 heterocycles. The summed E-state index contributed by atoms with van der Waals surface area (Å²) in [5.74, 6) is 0.377. The number of unbranched alkanes of at least 4 members (excludes halogenated alkanes) is 2. The minimum absolute atomic E-state index is 0.0319. The van der Waals surface area contributed by atoms with Crippen molar-refractivity contribution in [2.45, 2.75) is 76.8 Å². The lowest BCUT2D eigenvalue weighted by Crippen LogP contribution is -2.47. The van der Waals surface area contributed by atoms with Gasteiger partial charge in [0, 0.05) is 19.1 Å². The molecule has 0 spiro atoms. The summed E-state index contributed by atoms with van der Waals surface area (Å²) in [5.41, 5.74) is 7.22. The number of aliphatic hydroxyl groups excluding tert-OH is 1. The summed E-state index contributed by atoms with van der Waals surface area (Å²) in [7, 11) is -7.39. The normalized spacial score (nSPS) is 14.0. The summed E-state index contributed by atoms with van der Waals surface area (Å²) < 4.78 is 58.3. The third-order valence-corrected chi connectivity index (χ3v) is 9.63. The van der Waals surface area contributed by atoms with Gasteiger partial charge in [0.15, 0.2) is 6.35 Å². The Morgan fingerprint density at radius 1 is 0.925 bits per heavy atom. The van der Waals surface area contributed by atoms with Gasteiger partial charge in [-0.05, 0) is 55.0 Å². The molecule has 0 fully saturated rings. The Hall–Kier alpha value is -1.78. The third kappa shape index (κ3) is 11.6. The first-order valence-corrected chi connectivity index (χ1v) is 17.3. The fraction of sp³-hybridized carbons (Fsp3) is 0.586. The fourth-order valence-electron chi connectivity index (χ4n) is 3.86. The third-order valence-electron chi connectivity index (χ3n) is 6.19. The molecule has 0 aliphatic rings. The molecule has 0 aromatic heterocycles. The molecule has 226 valence electrons. The van der Waals surface area contributed by atoms with E-state index in [4.69, 9.17) is 19.5 Å². The minimum Gasteiger partial charge on any atom is -0.481 e. The second kappa shape index (κ2) is 17.2. The number of ether oxygens (including phenoxy) is 1. The molecule has 0 aliphatic heterocycles. The van der Waals surface area contributed by atoms with Crippen LogP contribution in [0.25, 0.3) is 0 Å². The first-order chi connectivity index (χ1) is 19.0. The Labute approximate surface area is 240 Å². The van der Waals surface area contributed by atoms with Gasteiger partial charge in [0.1, 0.15) is 5.75 Å². The van der Waals surface area contributed by atoms with Crippen LogP contribution in [0.2, 0.25) is 0 Å². The van der Waals surface area contributed by atoms with Crippen LogP contribution in [0, 0.1) is 5.92 Å². The maximum atomic E-state index is 13.6. The average molecular weight is 599 g/mol. The van der Waals surface area contributed by atoms with Crippen molar-refractivity contribution in [3.63, 3.8) is 0 Å². The molecule has 2 aromatic carbocycles. The van der Waals surface area contributed by atoms with Gasteiger partial charge in [0.2, 0.25) is 10.0 Å². The van der Waals surface area contributed by atoms with Crippen LogP contribution in [0.1, 0.15) is 58.9 Å². The fourth-order valence-corrected chi connectivity index (χ4v) is 6.83. The summed E-state index contributed by atoms with van der Waals surface area (Å²) in [4.78, 5) is 0.0610. The van der Waals surface area contributed by atoms with Crippen LogP contribution in [-0.2, 0) is 30.1 Å². The van der Waals surface area contributed by atoms with Crippen molar-refractivity contribution in [3.8, 4) is 5.75 Å². The van der Waals surface area contributed by atoms with E-state index in [1.807, 2.05) is 58.0 Å². The number of aliphatic hydroxyl groups is 1. The van der Waals surface area contributed by atoms with Gasteiger partial charge in [-0.15, -0.1) is 0 Å². The van der Waals surface area contributed by atoms with Crippen LogP contribution < -0.4 is 10.5 Å². The van der Waals surface area contributed by atoms with Crippen LogP contribution in [-0.4, -0.2) is 62.6 Å². The van der Waals surface area contributed by atoms with Crippen LogP contribution >= 0.6 is 7.60 Å². The molecule has 0 bridgehead atoms. The lowest BCUT2D eigenvalue weighted by molar-refractivity contribution is 0.116. The van der Waals surface area contributed by atoms with E-state index < -0.39 is 29.8 Å². The lowest BCUT2D eigenvalue weighted by Gasteiger charge is -2.28. The van der Waals surface area contributed by atoms with Crippen LogP contribution in [0.4, 0.5) is 0 Å². The number of nitrogens with zero attached hydrogens (tertiary/aromatic N) is 1. The number of nitrogens with two attached hydrogens (primary N) is 1. The Morgan fingerprint density at radius 2 is 1.50 bits per heavy atom. The smallest absolute Gasteiger partial charge is 0.367 e. The van der Waals surface area contributed by atoms with E-state index >= 15 is 0 Å². The highest BCUT2D eigenvalue weighted by Crippen LogP contribution is 2.48. The SMILES string of the molecule is CCCCOP(=O)(COc1ccc(S(=O)(=O)N(CC(C)C)C[C@@H](O)[C@@H](N)Cc2ccccc2)cc1)OCCCC. The quantitative estimate of drug-likeness (QED) is 0.153. The van der Waals surface area contributed by atoms with Crippen molar-refractivity contribution in [2.24, 2.45) is 11.7 Å². The van der Waals surface area contributed by atoms with Crippen LogP contribution in [0.3, 0.4) is 0 Å². The predicted molar refractivity (Wildman–Crippen MR) is 159 cm³/mol. The van der Waals surface area contributed by atoms with E-state index in [0.29, 0.717) is 25.4 Å². The highest BCUT2D eigenvalue weighted by Gasteiger charge is 2.30. The van der Waals surface area contributed by atoms with Crippen molar-refractivity contribution in [1.82, 2.24) is 4.31 Å². The molecule has 2 aromatic rings. The maximum absolute atomic E-state index is 13.6. The van der Waals surface area contributed by atoms with Gasteiger partial charge in [-0.2, -0.15) is 4.31 Å². The van der Waals surface area contributed by atoms with Gasteiger partial charge in [-0.25, -0.2) is 8.42 Å². The highest BCUT2D eigenvalue weighted by atomic mass is 32.2. The van der Waals surface area contributed by atoms with Gasteiger partial charge in [0.25, 0.3) is 0 Å². The maximum Gasteiger partial charge on any atom is 0.367 e. The zero-order valence-corrected chi connectivity index (χ0v) is 26.0. The molecule has 0 saturated heterocycles. The van der Waals surface area contributed by atoms with E-state index in [1.54, 1.807) is 0 Å². The number of benzene rings is 2. The zero-order valence-electron chi connectivity index (χ0n) is 24.3. The summed E-state index contributed by atoms with van der Waals surface area (Å²) in [5, 5.41) is 10.8. The van der Waals surface area contributed by atoms with Crippen molar-refractivity contribution in [2.75, 3.05) is 32.7 Å². The second-order valence-electron chi connectivity index (χ2n) is 10.4. The van der Waals surface area contributed by atoms with Gasteiger partial charge in [-0.3, -0.25) is 4.57 Å². The monoisotopic (exact) mass is 598 g/mol. The van der Waals surface area contributed by atoms with Gasteiger partial charge < -0.3 is 24.6 Å². The molecule has 0 unspecified atom stereocenters. The number of hydrogen-bond donors (Lipinski definition) is 2. The van der Waals surface area contributed by atoms with E-state index in [-0.39, 0.29) is 30.3 Å². The Balaban J connectivity index is 2.10. The molecule has 0 amide bonds. The predicted octanol–water partition coefficient (Wildman–Crippen LogP) is 5.43.